The van der Waals surface area contributed by atoms with Gasteiger partial charge in [-0.3, -0.25) is 4.79 Å². The van der Waals surface area contributed by atoms with Crippen molar-refractivity contribution in [3.63, 3.8) is 0 Å². The molecular weight excluding hydrogens is 392 g/mol. The Balaban J connectivity index is 1.69. The first kappa shape index (κ1) is 14.3. The van der Waals surface area contributed by atoms with Crippen molar-refractivity contribution >= 4 is 47.7 Å². The van der Waals surface area contributed by atoms with Gasteiger partial charge in [0.1, 0.15) is 5.82 Å². The van der Waals surface area contributed by atoms with Crippen molar-refractivity contribution in [1.82, 2.24) is 19.5 Å². The van der Waals surface area contributed by atoms with Gasteiger partial charge in [-0.25, -0.2) is 4.98 Å². The zero-order chi connectivity index (χ0) is 15.4. The summed E-state index contributed by atoms with van der Waals surface area (Å²) in [6.45, 7) is 0. The van der Waals surface area contributed by atoms with Gasteiger partial charge in [0.15, 0.2) is 11.5 Å². The summed E-state index contributed by atoms with van der Waals surface area (Å²) in [6.07, 6.45) is 5.65. The van der Waals surface area contributed by atoms with Crippen LogP contribution in [0, 0.1) is 3.57 Å². The molecule has 2 aromatic rings. The summed E-state index contributed by atoms with van der Waals surface area (Å²) < 4.78 is 2.65. The van der Waals surface area contributed by atoms with Gasteiger partial charge >= 0.3 is 0 Å². The van der Waals surface area contributed by atoms with Gasteiger partial charge in [-0.15, -0.1) is 0 Å². The van der Waals surface area contributed by atoms with Crippen molar-refractivity contribution < 1.29 is 4.79 Å². The second kappa shape index (κ2) is 5.11. The van der Waals surface area contributed by atoms with E-state index in [1.165, 1.54) is 0 Å². The van der Waals surface area contributed by atoms with Gasteiger partial charge in [0.05, 0.1) is 9.77 Å². The molecule has 6 nitrogen and oxygen atoms in total. The molecule has 0 aromatic carbocycles. The number of nitrogen functional groups attached to an aromatic ring is 1. The van der Waals surface area contributed by atoms with Crippen molar-refractivity contribution in [3.8, 4) is 0 Å². The Bertz CT molecular complexity index is 749. The third kappa shape index (κ3) is 2.11. The first-order valence-electron chi connectivity index (χ1n) is 7.42. The summed E-state index contributed by atoms with van der Waals surface area (Å²) in [4.78, 5) is 18.2. The predicted octanol–water partition coefficient (Wildman–Crippen LogP) is 1.91. The number of rotatable bonds is 1. The summed E-state index contributed by atoms with van der Waals surface area (Å²) in [5, 5.41) is 4.23. The standard InChI is InChI=1S/C14H15BIN5O/c15-14(22)20-8-1-2-9(20)4-7(3-8)11-5-12(17)21-13(19-11)10(16)6-18-21/h5-9H,1-4,17H2. The molecule has 2 atom stereocenters. The van der Waals surface area contributed by atoms with Gasteiger partial charge in [0.25, 0.3) is 0 Å². The fourth-order valence-electron chi connectivity index (χ4n) is 3.97. The smallest absolute Gasteiger partial charge is 0.200 e. The highest BCUT2D eigenvalue weighted by atomic mass is 127. The van der Waals surface area contributed by atoms with Gasteiger partial charge in [0, 0.05) is 29.8 Å². The quantitative estimate of drug-likeness (QED) is 0.579. The fraction of sp³-hybridized carbons (Fsp3) is 0.500. The molecule has 8 heteroatoms. The Labute approximate surface area is 143 Å². The lowest BCUT2D eigenvalue weighted by Gasteiger charge is -2.38. The van der Waals surface area contributed by atoms with E-state index in [2.05, 4.69) is 27.7 Å². The first-order valence-corrected chi connectivity index (χ1v) is 8.50. The highest BCUT2D eigenvalue weighted by Gasteiger charge is 2.42. The van der Waals surface area contributed by atoms with Crippen molar-refractivity contribution in [1.29, 1.82) is 0 Å². The lowest BCUT2D eigenvalue weighted by molar-refractivity contribution is 0.157. The number of carbonyl (C=O) groups excluding carboxylic acids is 1. The summed E-state index contributed by atoms with van der Waals surface area (Å²) in [5.41, 5.74) is 7.92. The van der Waals surface area contributed by atoms with Crippen LogP contribution in [0.25, 0.3) is 5.65 Å². The Hall–Kier alpha value is -1.32. The van der Waals surface area contributed by atoms with Crippen LogP contribution in [0.1, 0.15) is 37.3 Å². The summed E-state index contributed by atoms with van der Waals surface area (Å²) in [6, 6.07) is 2.40. The lowest BCUT2D eigenvalue weighted by atomic mass is 9.86. The van der Waals surface area contributed by atoms with E-state index in [9.17, 15) is 4.79 Å². The minimum atomic E-state index is -0.292. The van der Waals surface area contributed by atoms with E-state index in [1.807, 2.05) is 11.0 Å². The Morgan fingerprint density at radius 3 is 2.68 bits per heavy atom. The molecule has 22 heavy (non-hydrogen) atoms. The van der Waals surface area contributed by atoms with Gasteiger partial charge in [-0.1, -0.05) is 0 Å². The third-order valence-electron chi connectivity index (χ3n) is 4.88. The van der Waals surface area contributed by atoms with E-state index in [4.69, 9.17) is 18.6 Å². The van der Waals surface area contributed by atoms with Crippen LogP contribution in [0.4, 0.5) is 10.6 Å². The zero-order valence-electron chi connectivity index (χ0n) is 11.9. The fourth-order valence-corrected chi connectivity index (χ4v) is 4.44. The van der Waals surface area contributed by atoms with E-state index < -0.39 is 0 Å². The largest absolute Gasteiger partial charge is 0.384 e. The average molecular weight is 407 g/mol. The molecule has 2 saturated heterocycles. The number of amides is 1. The molecule has 0 spiro atoms. The van der Waals surface area contributed by atoms with Gasteiger partial charge in [-0.2, -0.15) is 9.61 Å². The summed E-state index contributed by atoms with van der Waals surface area (Å²) >= 11 is 2.22. The molecule has 112 valence electrons. The molecule has 2 aliphatic heterocycles. The van der Waals surface area contributed by atoms with Crippen LogP contribution in [-0.4, -0.2) is 45.2 Å². The van der Waals surface area contributed by atoms with Crippen LogP contribution >= 0.6 is 22.6 Å². The van der Waals surface area contributed by atoms with Crippen molar-refractivity contribution in [2.24, 2.45) is 0 Å². The van der Waals surface area contributed by atoms with E-state index >= 15 is 0 Å². The Kier molecular flexibility index (Phi) is 3.32. The number of carbonyl (C=O) groups is 1. The molecular formula is C14H15BIN5O. The van der Waals surface area contributed by atoms with Crippen LogP contribution in [-0.2, 0) is 0 Å². The number of nitrogens with zero attached hydrogens (tertiary/aromatic N) is 4. The van der Waals surface area contributed by atoms with Crippen molar-refractivity contribution in [2.75, 3.05) is 5.73 Å². The van der Waals surface area contributed by atoms with Gasteiger partial charge in [0.2, 0.25) is 7.85 Å². The zero-order valence-corrected chi connectivity index (χ0v) is 14.1. The van der Waals surface area contributed by atoms with Gasteiger partial charge in [-0.05, 0) is 48.3 Å². The molecule has 2 radical (unpaired) electrons. The van der Waals surface area contributed by atoms with Crippen LogP contribution < -0.4 is 5.73 Å². The SMILES string of the molecule is [B]C(=O)N1C2CCC1CC(c1cc(N)n3ncc(I)c3n1)C2. The molecule has 2 N–H and O–H groups in total. The number of fused-ring (bicyclic) bond motifs is 3. The number of aromatic nitrogens is 3. The summed E-state index contributed by atoms with van der Waals surface area (Å²) in [5.74, 6) is 0.637. The number of piperidine rings is 1. The Morgan fingerprint density at radius 2 is 2.05 bits per heavy atom. The number of anilines is 1. The molecule has 2 fully saturated rings. The highest BCUT2D eigenvalue weighted by Crippen LogP contribution is 2.42. The second-order valence-electron chi connectivity index (χ2n) is 6.13. The van der Waals surface area contributed by atoms with Crippen molar-refractivity contribution in [3.05, 3.63) is 21.5 Å². The van der Waals surface area contributed by atoms with E-state index in [1.54, 1.807) is 10.7 Å². The molecule has 1 amide bonds. The molecule has 4 heterocycles. The van der Waals surface area contributed by atoms with Crippen LogP contribution in [0.2, 0.25) is 0 Å². The predicted molar refractivity (Wildman–Crippen MR) is 91.9 cm³/mol. The molecule has 0 aliphatic carbocycles. The van der Waals surface area contributed by atoms with Crippen molar-refractivity contribution in [2.45, 2.75) is 43.7 Å². The topological polar surface area (TPSA) is 76.5 Å². The van der Waals surface area contributed by atoms with Gasteiger partial charge < -0.3 is 10.6 Å². The molecule has 0 saturated carbocycles. The average Bonchev–Trinajstić information content (AvgIpc) is 2.98. The molecule has 2 bridgehead atoms. The second-order valence-corrected chi connectivity index (χ2v) is 7.29. The minimum Gasteiger partial charge on any atom is -0.384 e. The normalized spacial score (nSPS) is 27.5. The number of nitrogens with two attached hydrogens (primary N) is 1. The maximum Gasteiger partial charge on any atom is 0.200 e. The third-order valence-corrected chi connectivity index (χ3v) is 5.64. The maximum absolute atomic E-state index is 11.6. The van der Waals surface area contributed by atoms with E-state index in [-0.39, 0.29) is 17.9 Å². The molecule has 2 aliphatic rings. The number of halogens is 1. The monoisotopic (exact) mass is 407 g/mol. The molecule has 4 rings (SSSR count). The number of hydrogen-bond acceptors (Lipinski definition) is 4. The summed E-state index contributed by atoms with van der Waals surface area (Å²) in [7, 11) is 5.52. The highest BCUT2D eigenvalue weighted by molar-refractivity contribution is 14.1. The molecule has 2 aromatic heterocycles. The van der Waals surface area contributed by atoms with E-state index in [0.717, 1.165) is 40.6 Å². The maximum atomic E-state index is 11.6. The van der Waals surface area contributed by atoms with Crippen LogP contribution in [0.5, 0.6) is 0 Å². The Morgan fingerprint density at radius 1 is 1.36 bits per heavy atom. The van der Waals surface area contributed by atoms with Crippen LogP contribution in [0.3, 0.4) is 0 Å². The van der Waals surface area contributed by atoms with E-state index in [0.29, 0.717) is 11.7 Å². The minimum absolute atomic E-state index is 0.240. The molecule has 2 unspecified atom stereocenters. The number of hydrogen-bond donors (Lipinski definition) is 1. The van der Waals surface area contributed by atoms with Crippen LogP contribution in [0.15, 0.2) is 12.3 Å². The first-order chi connectivity index (χ1) is 10.5. The lowest BCUT2D eigenvalue weighted by Crippen LogP contribution is -2.45.